The van der Waals surface area contributed by atoms with E-state index in [0.29, 0.717) is 0 Å². The fourth-order valence-electron chi connectivity index (χ4n) is 1.82. The van der Waals surface area contributed by atoms with Gasteiger partial charge >= 0.3 is 10.2 Å². The first-order chi connectivity index (χ1) is 8.71. The van der Waals surface area contributed by atoms with E-state index in [-0.39, 0.29) is 5.69 Å². The van der Waals surface area contributed by atoms with Gasteiger partial charge in [0.15, 0.2) is 11.6 Å². The van der Waals surface area contributed by atoms with E-state index in [0.717, 1.165) is 17.0 Å². The van der Waals surface area contributed by atoms with Gasteiger partial charge in [0.05, 0.1) is 5.69 Å². The predicted octanol–water partition coefficient (Wildman–Crippen LogP) is 2.02. The van der Waals surface area contributed by atoms with Crippen molar-refractivity contribution in [1.29, 1.82) is 0 Å². The lowest BCUT2D eigenvalue weighted by Gasteiger charge is -2.17. The van der Waals surface area contributed by atoms with Gasteiger partial charge in [0, 0.05) is 13.0 Å². The number of benzene rings is 1. The van der Waals surface area contributed by atoms with Gasteiger partial charge in [-0.3, -0.25) is 4.79 Å². The van der Waals surface area contributed by atoms with Gasteiger partial charge in [-0.1, -0.05) is 11.6 Å². The summed E-state index contributed by atoms with van der Waals surface area (Å²) < 4.78 is 60.5. The number of nitrogens with zero attached hydrogens (tertiary/aromatic N) is 1. The highest BCUT2D eigenvalue weighted by Gasteiger charge is 2.40. The van der Waals surface area contributed by atoms with Crippen LogP contribution in [0.2, 0.25) is 5.02 Å². The van der Waals surface area contributed by atoms with Gasteiger partial charge in [-0.25, -0.2) is 8.78 Å². The molecule has 19 heavy (non-hydrogen) atoms. The van der Waals surface area contributed by atoms with E-state index in [1.54, 1.807) is 0 Å². The van der Waals surface area contributed by atoms with Crippen molar-refractivity contribution in [2.75, 3.05) is 11.4 Å². The van der Waals surface area contributed by atoms with Crippen LogP contribution in [-0.4, -0.2) is 26.1 Å². The fraction of sp³-hybridized carbons (Fsp3) is 0.300. The van der Waals surface area contributed by atoms with E-state index in [4.69, 9.17) is 11.6 Å². The summed E-state index contributed by atoms with van der Waals surface area (Å²) in [5.74, 6) is -3.27. The van der Waals surface area contributed by atoms with Crippen LogP contribution in [0.3, 0.4) is 0 Å². The van der Waals surface area contributed by atoms with E-state index >= 15 is 0 Å². The van der Waals surface area contributed by atoms with Gasteiger partial charge in [0.25, 0.3) is 0 Å². The third-order valence-corrected chi connectivity index (χ3v) is 4.26. The normalized spacial score (nSPS) is 20.1. The molecule has 1 aliphatic rings. The lowest BCUT2D eigenvalue weighted by molar-refractivity contribution is -0.117. The SMILES string of the molecule is O=C1CC(S(=O)(=O)F)CN1c1ccc(F)c(F)c1Cl. The minimum absolute atomic E-state index is 0.184. The van der Waals surface area contributed by atoms with Crippen LogP contribution in [0.15, 0.2) is 12.1 Å². The average molecular weight is 314 g/mol. The largest absolute Gasteiger partial charge is 0.309 e. The minimum atomic E-state index is -4.88. The number of carbonyl (C=O) groups excluding carboxylic acids is 1. The molecule has 1 heterocycles. The zero-order chi connectivity index (χ0) is 14.4. The summed E-state index contributed by atoms with van der Waals surface area (Å²) in [5, 5.41) is -2.17. The molecule has 4 nitrogen and oxygen atoms in total. The summed E-state index contributed by atoms with van der Waals surface area (Å²) in [7, 11) is -4.88. The van der Waals surface area contributed by atoms with Gasteiger partial charge < -0.3 is 4.90 Å². The Hall–Kier alpha value is -1.28. The summed E-state index contributed by atoms with van der Waals surface area (Å²) in [4.78, 5) is 12.4. The van der Waals surface area contributed by atoms with Gasteiger partial charge in [-0.05, 0) is 12.1 Å². The molecule has 0 aliphatic carbocycles. The first-order valence-electron chi connectivity index (χ1n) is 5.09. The van der Waals surface area contributed by atoms with Crippen LogP contribution in [-0.2, 0) is 15.0 Å². The molecule has 1 amide bonds. The number of hydrogen-bond donors (Lipinski definition) is 0. The second kappa shape index (κ2) is 4.68. The molecule has 0 radical (unpaired) electrons. The molecular weight excluding hydrogens is 307 g/mol. The van der Waals surface area contributed by atoms with Crippen LogP contribution in [0.25, 0.3) is 0 Å². The lowest BCUT2D eigenvalue weighted by atomic mass is 10.2. The highest BCUT2D eigenvalue weighted by molar-refractivity contribution is 7.87. The van der Waals surface area contributed by atoms with Crippen molar-refractivity contribution in [2.24, 2.45) is 0 Å². The Kier molecular flexibility index (Phi) is 3.48. The van der Waals surface area contributed by atoms with Gasteiger partial charge in [-0.15, -0.1) is 3.89 Å². The topological polar surface area (TPSA) is 54.5 Å². The van der Waals surface area contributed by atoms with Crippen molar-refractivity contribution >= 4 is 33.4 Å². The molecule has 1 aromatic rings. The number of amides is 1. The van der Waals surface area contributed by atoms with Crippen LogP contribution in [0.5, 0.6) is 0 Å². The van der Waals surface area contributed by atoms with Crippen molar-refractivity contribution in [2.45, 2.75) is 11.7 Å². The number of carbonyl (C=O) groups is 1. The molecular formula is C10H7ClF3NO3S. The van der Waals surface area contributed by atoms with Crippen molar-refractivity contribution in [3.63, 3.8) is 0 Å². The second-order valence-electron chi connectivity index (χ2n) is 4.00. The Balaban J connectivity index is 2.39. The Bertz CT molecular complexity index is 650. The van der Waals surface area contributed by atoms with Crippen LogP contribution in [0, 0.1) is 11.6 Å². The Morgan fingerprint density at radius 2 is 1.95 bits per heavy atom. The van der Waals surface area contributed by atoms with E-state index < -0.39 is 51.0 Å². The minimum Gasteiger partial charge on any atom is -0.309 e. The highest BCUT2D eigenvalue weighted by atomic mass is 35.5. The molecule has 0 aromatic heterocycles. The highest BCUT2D eigenvalue weighted by Crippen LogP contribution is 2.34. The maximum Gasteiger partial charge on any atom is 0.307 e. The number of rotatable bonds is 2. The van der Waals surface area contributed by atoms with E-state index in [1.165, 1.54) is 0 Å². The molecule has 104 valence electrons. The second-order valence-corrected chi connectivity index (χ2v) is 6.00. The average Bonchev–Trinajstić information content (AvgIpc) is 2.68. The molecule has 1 unspecified atom stereocenters. The van der Waals surface area contributed by atoms with Crippen molar-refractivity contribution in [3.05, 3.63) is 28.8 Å². The molecule has 0 spiro atoms. The zero-order valence-electron chi connectivity index (χ0n) is 9.24. The number of hydrogen-bond acceptors (Lipinski definition) is 3. The lowest BCUT2D eigenvalue weighted by Crippen LogP contribution is -2.27. The van der Waals surface area contributed by atoms with Crippen molar-refractivity contribution in [1.82, 2.24) is 0 Å². The first kappa shape index (κ1) is 14.1. The molecule has 1 atom stereocenters. The van der Waals surface area contributed by atoms with E-state index in [1.807, 2.05) is 0 Å². The van der Waals surface area contributed by atoms with Crippen LogP contribution in [0.4, 0.5) is 18.4 Å². The first-order valence-corrected chi connectivity index (χ1v) is 6.91. The maximum atomic E-state index is 13.3. The van der Waals surface area contributed by atoms with E-state index in [9.17, 15) is 25.9 Å². The predicted molar refractivity (Wildman–Crippen MR) is 62.2 cm³/mol. The van der Waals surface area contributed by atoms with Crippen molar-refractivity contribution in [3.8, 4) is 0 Å². The molecule has 1 fully saturated rings. The Morgan fingerprint density at radius 3 is 2.47 bits per heavy atom. The molecule has 1 aliphatic heterocycles. The zero-order valence-corrected chi connectivity index (χ0v) is 10.8. The third-order valence-electron chi connectivity index (χ3n) is 2.79. The number of anilines is 1. The summed E-state index contributed by atoms with van der Waals surface area (Å²) in [5.41, 5.74) is -0.184. The molecule has 0 N–H and O–H groups in total. The number of halogens is 4. The molecule has 0 saturated carbocycles. The quantitative estimate of drug-likeness (QED) is 0.620. The molecule has 2 rings (SSSR count). The summed E-state index contributed by atoms with van der Waals surface area (Å²) in [6, 6.07) is 1.78. The van der Waals surface area contributed by atoms with Gasteiger partial charge in [0.1, 0.15) is 10.3 Å². The van der Waals surface area contributed by atoms with E-state index in [2.05, 4.69) is 0 Å². The molecule has 1 aromatic carbocycles. The standard InChI is InChI=1S/C10H7ClF3NO3S/c11-9-7(2-1-6(12)10(9)13)15-4-5(3-8(15)16)19(14,17)18/h1-2,5H,3-4H2. The summed E-state index contributed by atoms with van der Waals surface area (Å²) in [6.07, 6.45) is -0.561. The Labute approximate surface area is 112 Å². The molecule has 0 bridgehead atoms. The van der Waals surface area contributed by atoms with Crippen LogP contribution >= 0.6 is 11.6 Å². The maximum absolute atomic E-state index is 13.3. The summed E-state index contributed by atoms with van der Waals surface area (Å²) in [6.45, 7) is -0.484. The van der Waals surface area contributed by atoms with Gasteiger partial charge in [0.2, 0.25) is 5.91 Å². The molecule has 9 heteroatoms. The van der Waals surface area contributed by atoms with Gasteiger partial charge in [-0.2, -0.15) is 8.42 Å². The van der Waals surface area contributed by atoms with Crippen molar-refractivity contribution < 1.29 is 25.9 Å². The Morgan fingerprint density at radius 1 is 1.32 bits per heavy atom. The smallest absolute Gasteiger partial charge is 0.307 e. The third kappa shape index (κ3) is 2.55. The molecule has 1 saturated heterocycles. The monoisotopic (exact) mass is 313 g/mol. The van der Waals surface area contributed by atoms with Crippen LogP contribution in [0.1, 0.15) is 6.42 Å². The fourth-order valence-corrected chi connectivity index (χ4v) is 2.74. The summed E-state index contributed by atoms with van der Waals surface area (Å²) >= 11 is 5.55. The van der Waals surface area contributed by atoms with Crippen LogP contribution < -0.4 is 4.90 Å².